The van der Waals surface area contributed by atoms with E-state index in [1.165, 1.54) is 0 Å². The van der Waals surface area contributed by atoms with Crippen molar-refractivity contribution in [1.82, 2.24) is 5.32 Å². The SMILES string of the molecule is NC(=O)[C@@H](CC[S@@](=O)c1ccccc1)NC(=O)c1ccc(F)c(F)c1. The minimum atomic E-state index is -1.36. The first-order valence-corrected chi connectivity index (χ1v) is 8.69. The lowest BCUT2D eigenvalue weighted by Crippen LogP contribution is -2.45. The second-order valence-electron chi connectivity index (χ2n) is 5.21. The molecular formula is C17H16F2N2O3S. The van der Waals surface area contributed by atoms with Gasteiger partial charge in [0.25, 0.3) is 5.91 Å². The lowest BCUT2D eigenvalue weighted by Gasteiger charge is -2.15. The van der Waals surface area contributed by atoms with Crippen LogP contribution in [0.15, 0.2) is 53.4 Å². The highest BCUT2D eigenvalue weighted by atomic mass is 32.2. The van der Waals surface area contributed by atoms with E-state index in [1.807, 2.05) is 0 Å². The van der Waals surface area contributed by atoms with Crippen molar-refractivity contribution in [3.8, 4) is 0 Å². The Kier molecular flexibility index (Phi) is 6.35. The third-order valence-electron chi connectivity index (χ3n) is 3.43. The Bertz CT molecular complexity index is 800. The summed E-state index contributed by atoms with van der Waals surface area (Å²) in [6.07, 6.45) is 0.0479. The predicted octanol–water partition coefficient (Wildman–Crippen LogP) is 1.75. The molecule has 0 spiro atoms. The number of benzene rings is 2. The molecule has 0 aromatic heterocycles. The van der Waals surface area contributed by atoms with Crippen LogP contribution in [0.4, 0.5) is 8.78 Å². The van der Waals surface area contributed by atoms with Crippen LogP contribution in [-0.4, -0.2) is 27.8 Å². The third-order valence-corrected chi connectivity index (χ3v) is 4.83. The number of nitrogens with two attached hydrogens (primary N) is 1. The molecule has 2 amide bonds. The number of hydrogen-bond donors (Lipinski definition) is 2. The monoisotopic (exact) mass is 366 g/mol. The molecule has 0 radical (unpaired) electrons. The molecule has 132 valence electrons. The van der Waals surface area contributed by atoms with Crippen LogP contribution in [0.5, 0.6) is 0 Å². The van der Waals surface area contributed by atoms with Crippen molar-refractivity contribution in [2.75, 3.05) is 5.75 Å². The van der Waals surface area contributed by atoms with Gasteiger partial charge < -0.3 is 11.1 Å². The summed E-state index contributed by atoms with van der Waals surface area (Å²) in [5.41, 5.74) is 5.11. The number of carbonyl (C=O) groups is 2. The van der Waals surface area contributed by atoms with Crippen molar-refractivity contribution < 1.29 is 22.6 Å². The van der Waals surface area contributed by atoms with E-state index >= 15 is 0 Å². The van der Waals surface area contributed by atoms with Gasteiger partial charge in [-0.1, -0.05) is 18.2 Å². The summed E-state index contributed by atoms with van der Waals surface area (Å²) in [5.74, 6) is -3.72. The van der Waals surface area contributed by atoms with E-state index in [2.05, 4.69) is 5.32 Å². The van der Waals surface area contributed by atoms with Gasteiger partial charge in [0, 0.05) is 16.2 Å². The molecule has 2 rings (SSSR count). The van der Waals surface area contributed by atoms with Crippen LogP contribution in [0.3, 0.4) is 0 Å². The van der Waals surface area contributed by atoms with E-state index in [4.69, 9.17) is 5.73 Å². The summed E-state index contributed by atoms with van der Waals surface area (Å²) >= 11 is 0. The van der Waals surface area contributed by atoms with Gasteiger partial charge in [-0.2, -0.15) is 0 Å². The highest BCUT2D eigenvalue weighted by Gasteiger charge is 2.21. The largest absolute Gasteiger partial charge is 0.368 e. The maximum absolute atomic E-state index is 13.2. The highest BCUT2D eigenvalue weighted by molar-refractivity contribution is 7.85. The molecule has 0 unspecified atom stereocenters. The maximum Gasteiger partial charge on any atom is 0.252 e. The first kappa shape index (κ1) is 18.7. The minimum Gasteiger partial charge on any atom is -0.368 e. The topological polar surface area (TPSA) is 89.3 Å². The molecule has 2 aromatic rings. The number of amides is 2. The van der Waals surface area contributed by atoms with Gasteiger partial charge in [-0.3, -0.25) is 13.8 Å². The van der Waals surface area contributed by atoms with E-state index in [9.17, 15) is 22.6 Å². The summed E-state index contributed by atoms with van der Waals surface area (Å²) in [5, 5.41) is 2.35. The highest BCUT2D eigenvalue weighted by Crippen LogP contribution is 2.10. The van der Waals surface area contributed by atoms with Gasteiger partial charge in [-0.05, 0) is 36.8 Å². The molecule has 3 N–H and O–H groups in total. The standard InChI is InChI=1S/C17H16F2N2O3S/c18-13-7-6-11(10-14(13)19)17(23)21-15(16(20)22)8-9-25(24)12-4-2-1-3-5-12/h1-7,10,15H,8-9H2,(H2,20,22)(H,21,23)/t15-,25-/m1/s1. The Labute approximate surface area is 145 Å². The Morgan fingerprint density at radius 1 is 1.08 bits per heavy atom. The molecule has 0 aliphatic heterocycles. The van der Waals surface area contributed by atoms with E-state index in [0.717, 1.165) is 18.2 Å². The van der Waals surface area contributed by atoms with E-state index < -0.39 is 40.3 Å². The maximum atomic E-state index is 13.2. The predicted molar refractivity (Wildman–Crippen MR) is 89.1 cm³/mol. The molecule has 0 bridgehead atoms. The molecule has 0 fully saturated rings. The molecular weight excluding hydrogens is 350 g/mol. The van der Waals surface area contributed by atoms with E-state index in [1.54, 1.807) is 30.3 Å². The average Bonchev–Trinajstić information content (AvgIpc) is 2.60. The molecule has 0 heterocycles. The number of hydrogen-bond acceptors (Lipinski definition) is 3. The molecule has 0 saturated carbocycles. The average molecular weight is 366 g/mol. The van der Waals surface area contributed by atoms with Gasteiger partial charge in [0.2, 0.25) is 5.91 Å². The molecule has 0 saturated heterocycles. The molecule has 2 atom stereocenters. The Morgan fingerprint density at radius 2 is 1.76 bits per heavy atom. The lowest BCUT2D eigenvalue weighted by molar-refractivity contribution is -0.119. The second-order valence-corrected chi connectivity index (χ2v) is 6.78. The van der Waals surface area contributed by atoms with Crippen LogP contribution in [-0.2, 0) is 15.6 Å². The fourth-order valence-corrected chi connectivity index (χ4v) is 3.23. The summed E-state index contributed by atoms with van der Waals surface area (Å²) in [7, 11) is -1.36. The van der Waals surface area contributed by atoms with Crippen LogP contribution in [0.2, 0.25) is 0 Å². The van der Waals surface area contributed by atoms with Crippen LogP contribution >= 0.6 is 0 Å². The number of carbonyl (C=O) groups excluding carboxylic acids is 2. The first-order valence-electron chi connectivity index (χ1n) is 7.37. The van der Waals surface area contributed by atoms with Crippen molar-refractivity contribution in [3.05, 3.63) is 65.7 Å². The van der Waals surface area contributed by atoms with Crippen molar-refractivity contribution in [2.24, 2.45) is 5.73 Å². The van der Waals surface area contributed by atoms with Crippen LogP contribution in [0.25, 0.3) is 0 Å². The zero-order chi connectivity index (χ0) is 18.4. The van der Waals surface area contributed by atoms with Gasteiger partial charge in [-0.15, -0.1) is 0 Å². The van der Waals surface area contributed by atoms with Crippen LogP contribution in [0, 0.1) is 11.6 Å². The number of nitrogens with one attached hydrogen (secondary N) is 1. The number of primary amides is 1. The van der Waals surface area contributed by atoms with Gasteiger partial charge in [0.05, 0.1) is 10.8 Å². The zero-order valence-corrected chi connectivity index (χ0v) is 13.9. The number of rotatable bonds is 7. The molecule has 2 aromatic carbocycles. The fraction of sp³-hybridized carbons (Fsp3) is 0.176. The Morgan fingerprint density at radius 3 is 2.36 bits per heavy atom. The van der Waals surface area contributed by atoms with Crippen LogP contribution in [0.1, 0.15) is 16.8 Å². The normalized spacial score (nSPS) is 13.0. The van der Waals surface area contributed by atoms with Crippen molar-refractivity contribution in [2.45, 2.75) is 17.4 Å². The first-order chi connectivity index (χ1) is 11.9. The summed E-state index contributed by atoms with van der Waals surface area (Å²) in [4.78, 5) is 24.2. The summed E-state index contributed by atoms with van der Waals surface area (Å²) < 4.78 is 38.3. The smallest absolute Gasteiger partial charge is 0.252 e. The molecule has 5 nitrogen and oxygen atoms in total. The van der Waals surface area contributed by atoms with Gasteiger partial charge in [-0.25, -0.2) is 8.78 Å². The number of halogens is 2. The van der Waals surface area contributed by atoms with Gasteiger partial charge in [0.15, 0.2) is 11.6 Å². The van der Waals surface area contributed by atoms with Gasteiger partial charge >= 0.3 is 0 Å². The quantitative estimate of drug-likeness (QED) is 0.782. The molecule has 0 aliphatic carbocycles. The second kappa shape index (κ2) is 8.48. The lowest BCUT2D eigenvalue weighted by atomic mass is 10.1. The van der Waals surface area contributed by atoms with Crippen molar-refractivity contribution >= 4 is 22.6 Å². The third kappa shape index (κ3) is 5.18. The molecule has 0 aliphatic rings. The summed E-state index contributed by atoms with van der Waals surface area (Å²) in [6, 6.07) is 10.2. The van der Waals surface area contributed by atoms with E-state index in [0.29, 0.717) is 4.90 Å². The van der Waals surface area contributed by atoms with Gasteiger partial charge in [0.1, 0.15) is 6.04 Å². The molecule has 8 heteroatoms. The van der Waals surface area contributed by atoms with Crippen molar-refractivity contribution in [3.63, 3.8) is 0 Å². The zero-order valence-electron chi connectivity index (χ0n) is 13.1. The fourth-order valence-electron chi connectivity index (χ4n) is 2.08. The minimum absolute atomic E-state index is 0.0479. The van der Waals surface area contributed by atoms with Crippen molar-refractivity contribution in [1.29, 1.82) is 0 Å². The summed E-state index contributed by atoms with van der Waals surface area (Å²) in [6.45, 7) is 0. The van der Waals surface area contributed by atoms with E-state index in [-0.39, 0.29) is 17.7 Å². The van der Waals surface area contributed by atoms with Crippen LogP contribution < -0.4 is 11.1 Å². The Balaban J connectivity index is 2.00. The Hall–Kier alpha value is -2.61. The molecule has 25 heavy (non-hydrogen) atoms.